The van der Waals surface area contributed by atoms with Gasteiger partial charge < -0.3 is 9.47 Å². The number of carbonyl (C=O) groups is 2. The smallest absolute Gasteiger partial charge is 0.140 e. The second-order valence-electron chi connectivity index (χ2n) is 4.85. The molecule has 0 aromatic heterocycles. The largest absolute Gasteiger partial charge is 0.497 e. The van der Waals surface area contributed by atoms with Crippen molar-refractivity contribution in [1.82, 2.24) is 0 Å². The number of ketones is 2. The van der Waals surface area contributed by atoms with Gasteiger partial charge in [0.05, 0.1) is 20.6 Å². The summed E-state index contributed by atoms with van der Waals surface area (Å²) in [5.41, 5.74) is 1.13. The summed E-state index contributed by atoms with van der Waals surface area (Å²) in [6.07, 6.45) is 3.10. The van der Waals surface area contributed by atoms with Crippen molar-refractivity contribution in [3.05, 3.63) is 23.8 Å². The minimum atomic E-state index is -0.0625. The first-order chi connectivity index (χ1) is 9.55. The van der Waals surface area contributed by atoms with Crippen molar-refractivity contribution in [3.63, 3.8) is 0 Å². The Labute approximate surface area is 120 Å². The van der Waals surface area contributed by atoms with Gasteiger partial charge >= 0.3 is 0 Å². The summed E-state index contributed by atoms with van der Waals surface area (Å²) in [5.74, 6) is 1.51. The minimum Gasteiger partial charge on any atom is -0.497 e. The van der Waals surface area contributed by atoms with Gasteiger partial charge in [0.1, 0.15) is 23.1 Å². The Kier molecular flexibility index (Phi) is 6.77. The van der Waals surface area contributed by atoms with Crippen LogP contribution in [0.25, 0.3) is 0 Å². The summed E-state index contributed by atoms with van der Waals surface area (Å²) in [4.78, 5) is 22.2. The molecule has 0 aliphatic carbocycles. The van der Waals surface area contributed by atoms with E-state index >= 15 is 0 Å². The lowest BCUT2D eigenvalue weighted by molar-refractivity contribution is -0.125. The molecule has 0 aliphatic rings. The normalized spacial score (nSPS) is 10.2. The van der Waals surface area contributed by atoms with E-state index in [9.17, 15) is 9.59 Å². The minimum absolute atomic E-state index is 0.0284. The molecule has 0 bridgehead atoms. The third kappa shape index (κ3) is 5.87. The third-order valence-electron chi connectivity index (χ3n) is 3.03. The van der Waals surface area contributed by atoms with Crippen LogP contribution in [0.5, 0.6) is 11.5 Å². The van der Waals surface area contributed by atoms with E-state index in [0.29, 0.717) is 6.42 Å². The number of ether oxygens (including phenoxy) is 2. The molecule has 0 saturated carbocycles. The summed E-state index contributed by atoms with van der Waals surface area (Å²) >= 11 is 0. The van der Waals surface area contributed by atoms with Gasteiger partial charge in [0.25, 0.3) is 0 Å². The average molecular weight is 278 g/mol. The predicted octanol–water partition coefficient (Wildman–Crippen LogP) is 2.96. The fraction of sp³-hybridized carbons (Fsp3) is 0.500. The van der Waals surface area contributed by atoms with Crippen LogP contribution in [-0.4, -0.2) is 25.8 Å². The highest BCUT2D eigenvalue weighted by atomic mass is 16.5. The Morgan fingerprint density at radius 2 is 1.60 bits per heavy atom. The number of aryl methyl sites for hydroxylation is 1. The molecule has 0 amide bonds. The molecule has 4 heteroatoms. The van der Waals surface area contributed by atoms with Crippen molar-refractivity contribution in [3.8, 4) is 11.5 Å². The molecule has 1 aromatic rings. The lowest BCUT2D eigenvalue weighted by Crippen LogP contribution is -2.04. The molecule has 0 spiro atoms. The van der Waals surface area contributed by atoms with Gasteiger partial charge in [-0.2, -0.15) is 0 Å². The van der Waals surface area contributed by atoms with Crippen molar-refractivity contribution in [2.75, 3.05) is 14.2 Å². The fourth-order valence-electron chi connectivity index (χ4n) is 2.03. The van der Waals surface area contributed by atoms with Crippen molar-refractivity contribution in [2.24, 2.45) is 0 Å². The second-order valence-corrected chi connectivity index (χ2v) is 4.85. The molecular formula is C16H22O4. The SMILES string of the molecule is COc1cc(CCCCC(=O)CC(C)=O)cc(OC)c1. The Morgan fingerprint density at radius 3 is 2.10 bits per heavy atom. The van der Waals surface area contributed by atoms with Gasteiger partial charge in [-0.15, -0.1) is 0 Å². The lowest BCUT2D eigenvalue weighted by Gasteiger charge is -2.08. The molecule has 4 nitrogen and oxygen atoms in total. The van der Waals surface area contributed by atoms with Gasteiger partial charge in [0.2, 0.25) is 0 Å². The van der Waals surface area contributed by atoms with Crippen LogP contribution >= 0.6 is 0 Å². The zero-order valence-corrected chi connectivity index (χ0v) is 12.4. The van der Waals surface area contributed by atoms with Crippen LogP contribution in [0, 0.1) is 0 Å². The first-order valence-electron chi connectivity index (χ1n) is 6.78. The van der Waals surface area contributed by atoms with Crippen LogP contribution < -0.4 is 9.47 Å². The highest BCUT2D eigenvalue weighted by molar-refractivity contribution is 5.97. The molecule has 0 atom stereocenters. The molecule has 110 valence electrons. The molecule has 0 saturated heterocycles. The van der Waals surface area contributed by atoms with E-state index < -0.39 is 0 Å². The maximum Gasteiger partial charge on any atom is 0.140 e. The van der Waals surface area contributed by atoms with Crippen LogP contribution in [0.15, 0.2) is 18.2 Å². The summed E-state index contributed by atoms with van der Waals surface area (Å²) in [6, 6.07) is 5.78. The number of hydrogen-bond acceptors (Lipinski definition) is 4. The van der Waals surface area contributed by atoms with Gasteiger partial charge in [-0.05, 0) is 43.9 Å². The standard InChI is InChI=1S/C16H22O4/c1-12(17)8-14(18)7-5-4-6-13-9-15(19-2)11-16(10-13)20-3/h9-11H,4-8H2,1-3H3. The number of methoxy groups -OCH3 is 2. The number of benzene rings is 1. The van der Waals surface area contributed by atoms with E-state index in [-0.39, 0.29) is 18.0 Å². The summed E-state index contributed by atoms with van der Waals surface area (Å²) < 4.78 is 10.4. The van der Waals surface area contributed by atoms with E-state index in [0.717, 1.165) is 36.3 Å². The van der Waals surface area contributed by atoms with Crippen molar-refractivity contribution < 1.29 is 19.1 Å². The van der Waals surface area contributed by atoms with Crippen LogP contribution in [0.3, 0.4) is 0 Å². The molecule has 0 fully saturated rings. The topological polar surface area (TPSA) is 52.6 Å². The average Bonchev–Trinajstić information content (AvgIpc) is 2.42. The Balaban J connectivity index is 2.41. The second kappa shape index (κ2) is 8.35. The fourth-order valence-corrected chi connectivity index (χ4v) is 2.03. The summed E-state index contributed by atoms with van der Waals surface area (Å²) in [7, 11) is 3.25. The van der Waals surface area contributed by atoms with Crippen LogP contribution in [0.4, 0.5) is 0 Å². The Morgan fingerprint density at radius 1 is 1.00 bits per heavy atom. The molecule has 0 radical (unpaired) electrons. The number of unbranched alkanes of at least 4 members (excludes halogenated alkanes) is 1. The molecule has 1 rings (SSSR count). The highest BCUT2D eigenvalue weighted by Crippen LogP contribution is 2.23. The zero-order chi connectivity index (χ0) is 15.0. The molecule has 0 heterocycles. The summed E-state index contributed by atoms with van der Waals surface area (Å²) in [5, 5.41) is 0. The molecule has 20 heavy (non-hydrogen) atoms. The molecule has 0 unspecified atom stereocenters. The van der Waals surface area contributed by atoms with Gasteiger partial charge in [0.15, 0.2) is 0 Å². The van der Waals surface area contributed by atoms with Gasteiger partial charge in [-0.25, -0.2) is 0 Å². The van der Waals surface area contributed by atoms with Crippen LogP contribution in [0.1, 0.15) is 38.2 Å². The Bertz CT molecular complexity index is 443. The number of Topliss-reactive ketones (excluding diaryl/α,β-unsaturated/α-hetero) is 2. The van der Waals surface area contributed by atoms with Crippen molar-refractivity contribution >= 4 is 11.6 Å². The highest BCUT2D eigenvalue weighted by Gasteiger charge is 2.06. The lowest BCUT2D eigenvalue weighted by atomic mass is 10.0. The van der Waals surface area contributed by atoms with E-state index in [4.69, 9.17) is 9.47 Å². The summed E-state index contributed by atoms with van der Waals surface area (Å²) in [6.45, 7) is 1.44. The third-order valence-corrected chi connectivity index (χ3v) is 3.03. The van der Waals surface area contributed by atoms with Crippen molar-refractivity contribution in [2.45, 2.75) is 39.0 Å². The monoisotopic (exact) mass is 278 g/mol. The predicted molar refractivity (Wildman–Crippen MR) is 77.4 cm³/mol. The first kappa shape index (κ1) is 16.2. The van der Waals surface area contributed by atoms with Gasteiger partial charge in [-0.1, -0.05) is 0 Å². The van der Waals surface area contributed by atoms with Gasteiger partial charge in [-0.3, -0.25) is 9.59 Å². The number of rotatable bonds is 9. The van der Waals surface area contributed by atoms with Crippen LogP contribution in [0.2, 0.25) is 0 Å². The van der Waals surface area contributed by atoms with E-state index in [2.05, 4.69) is 0 Å². The molecule has 1 aromatic carbocycles. The molecular weight excluding hydrogens is 256 g/mol. The Hall–Kier alpha value is -1.84. The number of hydrogen-bond donors (Lipinski definition) is 0. The maximum absolute atomic E-state index is 11.4. The van der Waals surface area contributed by atoms with Crippen LogP contribution in [-0.2, 0) is 16.0 Å². The van der Waals surface area contributed by atoms with Crippen molar-refractivity contribution in [1.29, 1.82) is 0 Å². The first-order valence-corrected chi connectivity index (χ1v) is 6.78. The quantitative estimate of drug-likeness (QED) is 0.515. The zero-order valence-electron chi connectivity index (χ0n) is 12.4. The maximum atomic E-state index is 11.4. The van der Waals surface area contributed by atoms with E-state index in [1.165, 1.54) is 6.92 Å². The van der Waals surface area contributed by atoms with E-state index in [1.54, 1.807) is 14.2 Å². The molecule has 0 aliphatic heterocycles. The van der Waals surface area contributed by atoms with E-state index in [1.807, 2.05) is 18.2 Å². The van der Waals surface area contributed by atoms with Gasteiger partial charge in [0, 0.05) is 12.5 Å². The number of carbonyl (C=O) groups excluding carboxylic acids is 2. The molecule has 0 N–H and O–H groups in total.